The highest BCUT2D eigenvalue weighted by Gasteiger charge is 2.38. The third kappa shape index (κ3) is 2.48. The van der Waals surface area contributed by atoms with E-state index in [1.807, 2.05) is 7.05 Å². The fourth-order valence-electron chi connectivity index (χ4n) is 3.09. The maximum absolute atomic E-state index is 13.2. The lowest BCUT2D eigenvalue weighted by Crippen LogP contribution is -2.42. The highest BCUT2D eigenvalue weighted by molar-refractivity contribution is 6.15. The number of anilines is 2. The van der Waals surface area contributed by atoms with E-state index in [0.717, 1.165) is 21.6 Å². The maximum atomic E-state index is 13.2. The molecule has 0 saturated carbocycles. The average molecular weight is 319 g/mol. The van der Waals surface area contributed by atoms with Crippen molar-refractivity contribution in [3.05, 3.63) is 60.2 Å². The summed E-state index contributed by atoms with van der Waals surface area (Å²) in [4.78, 5) is 2.26. The lowest BCUT2D eigenvalue weighted by atomic mass is 10.2. The molecule has 0 radical (unpaired) electrons. The van der Waals surface area contributed by atoms with Crippen LogP contribution >= 0.6 is 0 Å². The summed E-state index contributed by atoms with van der Waals surface area (Å²) in [6.07, 6.45) is 0.137. The molecule has 0 N–H and O–H groups in total. The topological polar surface area (TPSA) is 9.72 Å². The Balaban J connectivity index is 1.94. The van der Waals surface area contributed by atoms with Gasteiger partial charge in [-0.2, -0.15) is 0 Å². The monoisotopic (exact) mass is 319 g/mol. The summed E-state index contributed by atoms with van der Waals surface area (Å²) < 4.78 is 26.3. The first-order chi connectivity index (χ1) is 10.5. The van der Waals surface area contributed by atoms with Crippen molar-refractivity contribution in [1.82, 2.24) is 5.01 Å². The van der Waals surface area contributed by atoms with Crippen molar-refractivity contribution in [3.8, 4) is 0 Å². The summed E-state index contributed by atoms with van der Waals surface area (Å²) >= 11 is 0. The minimum Gasteiger partial charge on any atom is -0.337 e. The standard InChI is InChI=1S/C16H19F2N3Si/c1-11-19(2)21(15-9-5-13(18)6-10-15)16(22)20(11)14-7-3-12(17)4-8-14/h3-11,16H,1-2,22H3. The zero-order chi connectivity index (χ0) is 15.9. The Morgan fingerprint density at radius 1 is 0.864 bits per heavy atom. The second kappa shape index (κ2) is 5.70. The normalized spacial score (nSPS) is 22.5. The van der Waals surface area contributed by atoms with Crippen LogP contribution in [0.2, 0.25) is 0 Å². The predicted molar refractivity (Wildman–Crippen MR) is 88.7 cm³/mol. The molecule has 0 amide bonds. The van der Waals surface area contributed by atoms with Crippen LogP contribution in [0.5, 0.6) is 0 Å². The molecule has 2 aromatic carbocycles. The van der Waals surface area contributed by atoms with Crippen LogP contribution in [0.15, 0.2) is 48.5 Å². The maximum Gasteiger partial charge on any atom is 0.123 e. The third-order valence-corrected chi connectivity index (χ3v) is 5.30. The second-order valence-corrected chi connectivity index (χ2v) is 6.57. The minimum atomic E-state index is -0.237. The van der Waals surface area contributed by atoms with Crippen LogP contribution in [-0.2, 0) is 0 Å². The summed E-state index contributed by atoms with van der Waals surface area (Å²) in [5.74, 6) is -0.292. The molecule has 2 atom stereocenters. The highest BCUT2D eigenvalue weighted by atomic mass is 28.1. The molecule has 1 aliphatic rings. The molecule has 3 nitrogen and oxygen atoms in total. The number of rotatable bonds is 2. The quantitative estimate of drug-likeness (QED) is 0.785. The number of hydrogen-bond donors (Lipinski definition) is 0. The first-order valence-electron chi connectivity index (χ1n) is 7.30. The van der Waals surface area contributed by atoms with Gasteiger partial charge in [0.15, 0.2) is 0 Å². The predicted octanol–water partition coefficient (Wildman–Crippen LogP) is 2.13. The van der Waals surface area contributed by atoms with Gasteiger partial charge in [0.2, 0.25) is 0 Å². The molecule has 2 unspecified atom stereocenters. The van der Waals surface area contributed by atoms with E-state index < -0.39 is 0 Å². The van der Waals surface area contributed by atoms with Crippen LogP contribution in [0.3, 0.4) is 0 Å². The van der Waals surface area contributed by atoms with Crippen molar-refractivity contribution in [2.24, 2.45) is 0 Å². The fraction of sp³-hybridized carbons (Fsp3) is 0.250. The number of benzene rings is 2. The number of halogens is 2. The largest absolute Gasteiger partial charge is 0.337 e. The van der Waals surface area contributed by atoms with Gasteiger partial charge in [-0.3, -0.25) is 5.01 Å². The van der Waals surface area contributed by atoms with E-state index in [2.05, 4.69) is 21.8 Å². The summed E-state index contributed by atoms with van der Waals surface area (Å²) in [5.41, 5.74) is 1.95. The molecule has 1 aliphatic heterocycles. The van der Waals surface area contributed by atoms with Crippen LogP contribution in [0.4, 0.5) is 20.2 Å². The van der Waals surface area contributed by atoms with Gasteiger partial charge in [-0.05, 0) is 55.5 Å². The first kappa shape index (κ1) is 15.0. The van der Waals surface area contributed by atoms with Gasteiger partial charge in [-0.25, -0.2) is 13.8 Å². The Morgan fingerprint density at radius 2 is 1.32 bits per heavy atom. The van der Waals surface area contributed by atoms with Gasteiger partial charge in [-0.15, -0.1) is 0 Å². The number of hydrogen-bond acceptors (Lipinski definition) is 3. The Kier molecular flexibility index (Phi) is 3.88. The summed E-state index contributed by atoms with van der Waals surface area (Å²) in [5, 5.41) is 4.30. The van der Waals surface area contributed by atoms with Crippen LogP contribution in [0.1, 0.15) is 6.92 Å². The van der Waals surface area contributed by atoms with Crippen molar-refractivity contribution in [2.75, 3.05) is 17.0 Å². The summed E-state index contributed by atoms with van der Waals surface area (Å²) in [6, 6.07) is 13.1. The van der Waals surface area contributed by atoms with Gasteiger partial charge >= 0.3 is 0 Å². The molecular formula is C16H19F2N3Si. The van der Waals surface area contributed by atoms with Crippen LogP contribution < -0.4 is 9.91 Å². The van der Waals surface area contributed by atoms with Gasteiger partial charge in [0.25, 0.3) is 0 Å². The minimum absolute atomic E-state index is 0.137. The zero-order valence-electron chi connectivity index (χ0n) is 12.9. The molecule has 3 rings (SSSR count). The average Bonchev–Trinajstić information content (AvgIpc) is 2.72. The smallest absolute Gasteiger partial charge is 0.123 e. The lowest BCUT2D eigenvalue weighted by Gasteiger charge is -2.30. The van der Waals surface area contributed by atoms with Crippen molar-refractivity contribution < 1.29 is 8.78 Å². The third-order valence-electron chi connectivity index (χ3n) is 4.26. The van der Waals surface area contributed by atoms with Crippen molar-refractivity contribution >= 4 is 21.6 Å². The van der Waals surface area contributed by atoms with Gasteiger partial charge in [0.1, 0.15) is 11.6 Å². The van der Waals surface area contributed by atoms with Crippen molar-refractivity contribution in [1.29, 1.82) is 0 Å². The van der Waals surface area contributed by atoms with E-state index in [1.165, 1.54) is 24.3 Å². The number of nitrogens with zero attached hydrogens (tertiary/aromatic N) is 3. The highest BCUT2D eigenvalue weighted by Crippen LogP contribution is 2.32. The molecule has 1 heterocycles. The number of hydrazine groups is 1. The Hall–Kier alpha value is -1.92. The van der Waals surface area contributed by atoms with Gasteiger partial charge < -0.3 is 4.90 Å². The van der Waals surface area contributed by atoms with E-state index in [0.29, 0.717) is 0 Å². The van der Waals surface area contributed by atoms with Crippen LogP contribution in [0.25, 0.3) is 0 Å². The second-order valence-electron chi connectivity index (χ2n) is 5.54. The van der Waals surface area contributed by atoms with Gasteiger partial charge in [0, 0.05) is 12.7 Å². The Bertz CT molecular complexity index is 590. The van der Waals surface area contributed by atoms with E-state index in [9.17, 15) is 8.78 Å². The molecule has 1 saturated heterocycles. The molecule has 0 spiro atoms. The molecule has 116 valence electrons. The summed E-state index contributed by atoms with van der Waals surface area (Å²) in [6.45, 7) is 2.11. The van der Waals surface area contributed by atoms with Gasteiger partial charge in [-0.1, -0.05) is 0 Å². The van der Waals surface area contributed by atoms with Crippen LogP contribution in [-0.4, -0.2) is 34.3 Å². The Morgan fingerprint density at radius 3 is 1.82 bits per heavy atom. The van der Waals surface area contributed by atoms with E-state index >= 15 is 0 Å². The molecule has 0 aliphatic carbocycles. The fourth-order valence-corrected chi connectivity index (χ4v) is 4.48. The van der Waals surface area contributed by atoms with E-state index in [1.54, 1.807) is 24.3 Å². The van der Waals surface area contributed by atoms with E-state index in [4.69, 9.17) is 0 Å². The Labute approximate surface area is 132 Å². The molecule has 6 heteroatoms. The van der Waals surface area contributed by atoms with Crippen LogP contribution in [0, 0.1) is 11.6 Å². The molecule has 0 bridgehead atoms. The van der Waals surface area contributed by atoms with E-state index in [-0.39, 0.29) is 23.6 Å². The zero-order valence-corrected chi connectivity index (χ0v) is 14.9. The lowest BCUT2D eigenvalue weighted by molar-refractivity contribution is 0.303. The molecule has 2 aromatic rings. The summed E-state index contributed by atoms with van der Waals surface area (Å²) in [7, 11) is 2.90. The van der Waals surface area contributed by atoms with Crippen molar-refractivity contribution in [3.63, 3.8) is 0 Å². The SMILES string of the molecule is CC1N(c2ccc(F)cc2)C([SiH3])N(c2ccc(F)cc2)N1C. The molecular weight excluding hydrogens is 300 g/mol. The van der Waals surface area contributed by atoms with Crippen molar-refractivity contribution in [2.45, 2.75) is 18.9 Å². The van der Waals surface area contributed by atoms with Gasteiger partial charge in [0.05, 0.1) is 27.9 Å². The first-order valence-corrected chi connectivity index (χ1v) is 8.46. The molecule has 22 heavy (non-hydrogen) atoms. The molecule has 1 fully saturated rings. The molecule has 0 aromatic heterocycles.